The Morgan fingerprint density at radius 1 is 1.38 bits per heavy atom. The third-order valence-electron chi connectivity index (χ3n) is 2.02. The number of nitrogens with one attached hydrogen (secondary N) is 2. The van der Waals surface area contributed by atoms with Crippen LogP contribution in [0.3, 0.4) is 0 Å². The molecular formula is C11H16N2. The van der Waals surface area contributed by atoms with Gasteiger partial charge in [-0.05, 0) is 30.3 Å². The molecule has 0 aliphatic carbocycles. The molecular weight excluding hydrogens is 160 g/mol. The molecule has 1 aromatic rings. The Bertz CT molecular complexity index is 292. The van der Waals surface area contributed by atoms with Crippen molar-refractivity contribution in [1.29, 1.82) is 0 Å². The third kappa shape index (κ3) is 2.33. The zero-order valence-corrected chi connectivity index (χ0v) is 8.22. The average Bonchev–Trinajstić information content (AvgIpc) is 2.19. The fraction of sp³-hybridized carbons (Fsp3) is 0.273. The average molecular weight is 176 g/mol. The summed E-state index contributed by atoms with van der Waals surface area (Å²) in [6.07, 6.45) is 1.88. The molecule has 0 bridgehead atoms. The van der Waals surface area contributed by atoms with Crippen molar-refractivity contribution < 1.29 is 0 Å². The summed E-state index contributed by atoms with van der Waals surface area (Å²) in [7, 11) is 3.86. The van der Waals surface area contributed by atoms with E-state index in [1.807, 2.05) is 20.2 Å². The number of anilines is 1. The van der Waals surface area contributed by atoms with Crippen molar-refractivity contribution >= 4 is 11.8 Å². The van der Waals surface area contributed by atoms with E-state index in [0.29, 0.717) is 0 Å². The molecule has 2 nitrogen and oxygen atoms in total. The smallest absolute Gasteiger partial charge is 0.0343 e. The summed E-state index contributed by atoms with van der Waals surface area (Å²) in [4.78, 5) is 0. The first kappa shape index (κ1) is 9.81. The summed E-state index contributed by atoms with van der Waals surface area (Å²) in [5.74, 6) is 0. The molecule has 1 rings (SSSR count). The lowest BCUT2D eigenvalue weighted by atomic mass is 10.1. The fourth-order valence-electron chi connectivity index (χ4n) is 1.29. The molecule has 0 aliphatic heterocycles. The molecule has 0 radical (unpaired) electrons. The zero-order valence-electron chi connectivity index (χ0n) is 8.22. The van der Waals surface area contributed by atoms with E-state index in [1.54, 1.807) is 0 Å². The van der Waals surface area contributed by atoms with Gasteiger partial charge in [0.1, 0.15) is 0 Å². The van der Waals surface area contributed by atoms with Gasteiger partial charge < -0.3 is 10.6 Å². The minimum Gasteiger partial charge on any atom is -0.388 e. The van der Waals surface area contributed by atoms with Crippen LogP contribution in [-0.2, 0) is 6.54 Å². The zero-order chi connectivity index (χ0) is 9.68. The number of hydrogen-bond acceptors (Lipinski definition) is 2. The monoisotopic (exact) mass is 176 g/mol. The first-order valence-electron chi connectivity index (χ1n) is 4.39. The SMILES string of the molecule is C=Cc1cc(NC)ccc1CNC. The van der Waals surface area contributed by atoms with Gasteiger partial charge in [0.05, 0.1) is 0 Å². The van der Waals surface area contributed by atoms with Crippen molar-refractivity contribution in [3.05, 3.63) is 35.9 Å². The molecule has 0 saturated heterocycles. The van der Waals surface area contributed by atoms with Crippen LogP contribution in [0.25, 0.3) is 6.08 Å². The predicted octanol–water partition coefficient (Wildman–Crippen LogP) is 2.09. The van der Waals surface area contributed by atoms with Gasteiger partial charge in [-0.3, -0.25) is 0 Å². The number of benzene rings is 1. The Hall–Kier alpha value is -1.28. The summed E-state index contributed by atoms with van der Waals surface area (Å²) in [5, 5.41) is 6.23. The second-order valence-electron chi connectivity index (χ2n) is 2.90. The second-order valence-corrected chi connectivity index (χ2v) is 2.90. The fourth-order valence-corrected chi connectivity index (χ4v) is 1.29. The molecule has 0 atom stereocenters. The van der Waals surface area contributed by atoms with Crippen molar-refractivity contribution in [3.8, 4) is 0 Å². The Balaban J connectivity index is 3.00. The molecule has 0 spiro atoms. The normalized spacial score (nSPS) is 9.69. The molecule has 70 valence electrons. The van der Waals surface area contributed by atoms with E-state index < -0.39 is 0 Å². The van der Waals surface area contributed by atoms with Crippen molar-refractivity contribution in [2.24, 2.45) is 0 Å². The van der Waals surface area contributed by atoms with Crippen LogP contribution in [0.15, 0.2) is 24.8 Å². The van der Waals surface area contributed by atoms with Crippen LogP contribution in [-0.4, -0.2) is 14.1 Å². The van der Waals surface area contributed by atoms with Gasteiger partial charge in [0.2, 0.25) is 0 Å². The van der Waals surface area contributed by atoms with Gasteiger partial charge in [-0.1, -0.05) is 18.7 Å². The molecule has 2 N–H and O–H groups in total. The van der Waals surface area contributed by atoms with Crippen LogP contribution in [0, 0.1) is 0 Å². The van der Waals surface area contributed by atoms with E-state index in [0.717, 1.165) is 12.2 Å². The van der Waals surface area contributed by atoms with Crippen LogP contribution in [0.4, 0.5) is 5.69 Å². The lowest BCUT2D eigenvalue weighted by Crippen LogP contribution is -2.06. The number of hydrogen-bond donors (Lipinski definition) is 2. The van der Waals surface area contributed by atoms with Gasteiger partial charge in [-0.25, -0.2) is 0 Å². The molecule has 13 heavy (non-hydrogen) atoms. The van der Waals surface area contributed by atoms with Gasteiger partial charge >= 0.3 is 0 Å². The van der Waals surface area contributed by atoms with Crippen LogP contribution in [0.1, 0.15) is 11.1 Å². The first-order chi connectivity index (χ1) is 6.31. The first-order valence-corrected chi connectivity index (χ1v) is 4.39. The highest BCUT2D eigenvalue weighted by atomic mass is 14.8. The molecule has 0 aliphatic rings. The molecule has 0 fully saturated rings. The maximum atomic E-state index is 3.79. The van der Waals surface area contributed by atoms with Crippen molar-refractivity contribution in [3.63, 3.8) is 0 Å². The molecule has 0 aromatic heterocycles. The maximum absolute atomic E-state index is 3.79. The summed E-state index contributed by atoms with van der Waals surface area (Å²) in [6, 6.07) is 6.28. The van der Waals surface area contributed by atoms with E-state index in [1.165, 1.54) is 11.1 Å². The highest BCUT2D eigenvalue weighted by molar-refractivity contribution is 5.59. The van der Waals surface area contributed by atoms with Gasteiger partial charge in [0.25, 0.3) is 0 Å². The Morgan fingerprint density at radius 2 is 2.15 bits per heavy atom. The van der Waals surface area contributed by atoms with E-state index in [-0.39, 0.29) is 0 Å². The quantitative estimate of drug-likeness (QED) is 0.734. The largest absolute Gasteiger partial charge is 0.388 e. The summed E-state index contributed by atoms with van der Waals surface area (Å²) in [5.41, 5.74) is 3.58. The highest BCUT2D eigenvalue weighted by Gasteiger charge is 1.98. The van der Waals surface area contributed by atoms with Crippen LogP contribution in [0.2, 0.25) is 0 Å². The van der Waals surface area contributed by atoms with E-state index in [2.05, 4.69) is 35.4 Å². The molecule has 0 saturated carbocycles. The van der Waals surface area contributed by atoms with Gasteiger partial charge in [0.15, 0.2) is 0 Å². The van der Waals surface area contributed by atoms with Gasteiger partial charge in [-0.15, -0.1) is 0 Å². The predicted molar refractivity (Wildman–Crippen MR) is 58.8 cm³/mol. The second kappa shape index (κ2) is 4.67. The van der Waals surface area contributed by atoms with Crippen molar-refractivity contribution in [1.82, 2.24) is 5.32 Å². The lowest BCUT2D eigenvalue weighted by molar-refractivity contribution is 0.816. The molecule has 0 heterocycles. The van der Waals surface area contributed by atoms with Crippen molar-refractivity contribution in [2.45, 2.75) is 6.54 Å². The summed E-state index contributed by atoms with van der Waals surface area (Å²) < 4.78 is 0. The van der Waals surface area contributed by atoms with Gasteiger partial charge in [0, 0.05) is 19.3 Å². The van der Waals surface area contributed by atoms with Crippen LogP contribution in [0.5, 0.6) is 0 Å². The minimum atomic E-state index is 0.880. The molecule has 0 amide bonds. The third-order valence-corrected chi connectivity index (χ3v) is 2.02. The van der Waals surface area contributed by atoms with E-state index >= 15 is 0 Å². The van der Waals surface area contributed by atoms with E-state index in [9.17, 15) is 0 Å². The van der Waals surface area contributed by atoms with Crippen LogP contribution >= 0.6 is 0 Å². The standard InChI is InChI=1S/C11H16N2/c1-4-9-7-11(13-3)6-5-10(9)8-12-2/h4-7,12-13H,1,8H2,2-3H3. The Morgan fingerprint density at radius 3 is 2.69 bits per heavy atom. The maximum Gasteiger partial charge on any atom is 0.0343 e. The molecule has 0 unspecified atom stereocenters. The van der Waals surface area contributed by atoms with E-state index in [4.69, 9.17) is 0 Å². The molecule has 2 heteroatoms. The minimum absolute atomic E-state index is 0.880. The van der Waals surface area contributed by atoms with Gasteiger partial charge in [-0.2, -0.15) is 0 Å². The van der Waals surface area contributed by atoms with Crippen LogP contribution < -0.4 is 10.6 Å². The summed E-state index contributed by atoms with van der Waals surface area (Å²) in [6.45, 7) is 4.67. The highest BCUT2D eigenvalue weighted by Crippen LogP contribution is 2.16. The topological polar surface area (TPSA) is 24.1 Å². The Labute approximate surface area is 79.7 Å². The van der Waals surface area contributed by atoms with Crippen molar-refractivity contribution in [2.75, 3.05) is 19.4 Å². The summed E-state index contributed by atoms with van der Waals surface area (Å²) >= 11 is 0. The molecule has 1 aromatic carbocycles. The Kier molecular flexibility index (Phi) is 3.53. The lowest BCUT2D eigenvalue weighted by Gasteiger charge is -2.07. The number of rotatable bonds is 4.